The number of para-hydroxylation sites is 1. The van der Waals surface area contributed by atoms with Crippen LogP contribution in [0.25, 0.3) is 0 Å². The largest absolute Gasteiger partial charge is 0.497 e. The van der Waals surface area contributed by atoms with Gasteiger partial charge in [-0.05, 0) is 32.0 Å². The van der Waals surface area contributed by atoms with Gasteiger partial charge in [0.1, 0.15) is 18.0 Å². The minimum absolute atomic E-state index is 0.212. The van der Waals surface area contributed by atoms with E-state index in [0.29, 0.717) is 30.3 Å². The van der Waals surface area contributed by atoms with Crippen molar-refractivity contribution in [3.8, 4) is 17.2 Å². The first-order valence-corrected chi connectivity index (χ1v) is 8.59. The Hall–Kier alpha value is -2.89. The van der Waals surface area contributed by atoms with Crippen LogP contribution in [0, 0.1) is 0 Å². The molecule has 0 unspecified atom stereocenters. The van der Waals surface area contributed by atoms with E-state index in [1.807, 2.05) is 24.3 Å². The molecule has 0 saturated heterocycles. The number of nitrogens with one attached hydrogen (secondary N) is 2. The number of carbonyl (C=O) groups is 1. The molecule has 2 aromatic carbocycles. The highest BCUT2D eigenvalue weighted by Gasteiger charge is 2.32. The van der Waals surface area contributed by atoms with Gasteiger partial charge >= 0.3 is 6.03 Å². The number of methoxy groups -OCH3 is 1. The minimum Gasteiger partial charge on any atom is -0.497 e. The summed E-state index contributed by atoms with van der Waals surface area (Å²) >= 11 is 0. The lowest BCUT2D eigenvalue weighted by molar-refractivity contribution is 0.132. The van der Waals surface area contributed by atoms with Crippen molar-refractivity contribution in [3.05, 3.63) is 48.0 Å². The van der Waals surface area contributed by atoms with Crippen LogP contribution >= 0.6 is 0 Å². The summed E-state index contributed by atoms with van der Waals surface area (Å²) in [5.41, 5.74) is 1.60. The fourth-order valence-electron chi connectivity index (χ4n) is 2.90. The average molecular weight is 356 g/mol. The summed E-state index contributed by atoms with van der Waals surface area (Å²) < 4.78 is 16.9. The van der Waals surface area contributed by atoms with E-state index in [1.165, 1.54) is 0 Å². The Kier molecular flexibility index (Phi) is 5.21. The van der Waals surface area contributed by atoms with Gasteiger partial charge in [-0.1, -0.05) is 18.2 Å². The Bertz CT molecular complexity index is 789. The Labute approximate surface area is 153 Å². The number of ether oxygens (including phenoxy) is 3. The van der Waals surface area contributed by atoms with Crippen LogP contribution in [0.5, 0.6) is 17.2 Å². The first-order chi connectivity index (χ1) is 12.5. The van der Waals surface area contributed by atoms with E-state index < -0.39 is 0 Å². The number of benzene rings is 2. The van der Waals surface area contributed by atoms with Crippen molar-refractivity contribution in [2.24, 2.45) is 0 Å². The quantitative estimate of drug-likeness (QED) is 0.776. The Morgan fingerprint density at radius 2 is 2.04 bits per heavy atom. The predicted octanol–water partition coefficient (Wildman–Crippen LogP) is 3.61. The molecule has 26 heavy (non-hydrogen) atoms. The number of urea groups is 1. The molecule has 0 spiro atoms. The SMILES string of the molecule is COc1cccc(NC(=O)NCCOc2cccc3c2OC(C)(C)C3)c1. The molecule has 3 rings (SSSR count). The number of hydrogen-bond donors (Lipinski definition) is 2. The third-order valence-electron chi connectivity index (χ3n) is 4.03. The number of fused-ring (bicyclic) bond motifs is 1. The topological polar surface area (TPSA) is 68.8 Å². The number of amides is 2. The van der Waals surface area contributed by atoms with Gasteiger partial charge in [0.25, 0.3) is 0 Å². The molecular weight excluding hydrogens is 332 g/mol. The number of rotatable bonds is 6. The highest BCUT2D eigenvalue weighted by molar-refractivity contribution is 5.89. The van der Waals surface area contributed by atoms with Crippen LogP contribution in [0.3, 0.4) is 0 Å². The number of hydrogen-bond acceptors (Lipinski definition) is 4. The molecule has 2 N–H and O–H groups in total. The minimum atomic E-state index is -0.294. The monoisotopic (exact) mass is 356 g/mol. The van der Waals surface area contributed by atoms with Crippen molar-refractivity contribution in [2.75, 3.05) is 25.6 Å². The van der Waals surface area contributed by atoms with Crippen LogP contribution in [-0.2, 0) is 6.42 Å². The standard InChI is InChI=1S/C20H24N2O4/c1-20(2)13-14-6-4-9-17(18(14)26-20)25-11-10-21-19(23)22-15-7-5-8-16(12-15)24-3/h4-9,12H,10-11,13H2,1-3H3,(H2,21,22,23). The maximum atomic E-state index is 12.0. The van der Waals surface area contributed by atoms with Gasteiger partial charge in [0.15, 0.2) is 11.5 Å². The fourth-order valence-corrected chi connectivity index (χ4v) is 2.90. The van der Waals surface area contributed by atoms with E-state index in [2.05, 4.69) is 30.5 Å². The summed E-state index contributed by atoms with van der Waals surface area (Å²) in [6.07, 6.45) is 0.862. The summed E-state index contributed by atoms with van der Waals surface area (Å²) in [4.78, 5) is 12.0. The lowest BCUT2D eigenvalue weighted by atomic mass is 10.0. The lowest BCUT2D eigenvalue weighted by Crippen LogP contribution is -2.32. The van der Waals surface area contributed by atoms with Gasteiger partial charge in [0, 0.05) is 23.7 Å². The number of anilines is 1. The third kappa shape index (κ3) is 4.39. The van der Waals surface area contributed by atoms with Gasteiger partial charge in [-0.15, -0.1) is 0 Å². The highest BCUT2D eigenvalue weighted by Crippen LogP contribution is 2.41. The van der Waals surface area contributed by atoms with E-state index in [0.717, 1.165) is 17.7 Å². The second-order valence-electron chi connectivity index (χ2n) is 6.74. The van der Waals surface area contributed by atoms with Crippen LogP contribution in [0.15, 0.2) is 42.5 Å². The molecule has 2 aromatic rings. The summed E-state index contributed by atoms with van der Waals surface area (Å²) in [6.45, 7) is 4.84. The molecular formula is C20H24N2O4. The Morgan fingerprint density at radius 1 is 1.23 bits per heavy atom. The second kappa shape index (κ2) is 7.56. The van der Waals surface area contributed by atoms with E-state index in [4.69, 9.17) is 14.2 Å². The second-order valence-corrected chi connectivity index (χ2v) is 6.74. The molecule has 6 heteroatoms. The normalized spacial score (nSPS) is 14.1. The lowest BCUT2D eigenvalue weighted by Gasteiger charge is -2.18. The first-order valence-electron chi connectivity index (χ1n) is 8.59. The van der Waals surface area contributed by atoms with Crippen LogP contribution in [0.2, 0.25) is 0 Å². The molecule has 0 aliphatic carbocycles. The van der Waals surface area contributed by atoms with E-state index in [-0.39, 0.29) is 11.6 Å². The zero-order valence-electron chi connectivity index (χ0n) is 15.3. The number of carbonyl (C=O) groups excluding carboxylic acids is 1. The molecule has 0 bridgehead atoms. The third-order valence-corrected chi connectivity index (χ3v) is 4.03. The smallest absolute Gasteiger partial charge is 0.319 e. The van der Waals surface area contributed by atoms with Crippen LogP contribution < -0.4 is 24.8 Å². The van der Waals surface area contributed by atoms with Crippen LogP contribution in [0.4, 0.5) is 10.5 Å². The summed E-state index contributed by atoms with van der Waals surface area (Å²) in [5, 5.41) is 5.52. The summed E-state index contributed by atoms with van der Waals surface area (Å²) in [5.74, 6) is 2.20. The zero-order valence-corrected chi connectivity index (χ0v) is 15.3. The van der Waals surface area contributed by atoms with E-state index in [9.17, 15) is 4.79 Å². The molecule has 0 aromatic heterocycles. The molecule has 1 aliphatic rings. The van der Waals surface area contributed by atoms with Gasteiger partial charge in [-0.25, -0.2) is 4.79 Å². The Morgan fingerprint density at radius 3 is 2.85 bits per heavy atom. The highest BCUT2D eigenvalue weighted by atomic mass is 16.5. The molecule has 0 atom stereocenters. The van der Waals surface area contributed by atoms with Crippen molar-refractivity contribution in [1.29, 1.82) is 0 Å². The van der Waals surface area contributed by atoms with Crippen molar-refractivity contribution in [3.63, 3.8) is 0 Å². The van der Waals surface area contributed by atoms with Crippen molar-refractivity contribution in [1.82, 2.24) is 5.32 Å². The molecule has 0 saturated carbocycles. The molecule has 0 fully saturated rings. The molecule has 6 nitrogen and oxygen atoms in total. The molecule has 2 amide bonds. The summed E-state index contributed by atoms with van der Waals surface area (Å²) in [6, 6.07) is 12.8. The van der Waals surface area contributed by atoms with Crippen molar-refractivity contribution in [2.45, 2.75) is 25.9 Å². The molecule has 1 heterocycles. The van der Waals surface area contributed by atoms with Crippen molar-refractivity contribution < 1.29 is 19.0 Å². The van der Waals surface area contributed by atoms with Crippen molar-refractivity contribution >= 4 is 11.7 Å². The Balaban J connectivity index is 1.46. The van der Waals surface area contributed by atoms with Gasteiger partial charge in [0.2, 0.25) is 0 Å². The molecule has 0 radical (unpaired) electrons. The predicted molar refractivity (Wildman–Crippen MR) is 100 cm³/mol. The fraction of sp³-hybridized carbons (Fsp3) is 0.350. The van der Waals surface area contributed by atoms with E-state index >= 15 is 0 Å². The van der Waals surface area contributed by atoms with Gasteiger partial charge in [-0.3, -0.25) is 0 Å². The maximum Gasteiger partial charge on any atom is 0.319 e. The van der Waals surface area contributed by atoms with Gasteiger partial charge in [-0.2, -0.15) is 0 Å². The average Bonchev–Trinajstić information content (AvgIpc) is 2.93. The van der Waals surface area contributed by atoms with Gasteiger partial charge in [0.05, 0.1) is 13.7 Å². The molecule has 1 aliphatic heterocycles. The first kappa shape index (κ1) is 17.9. The van der Waals surface area contributed by atoms with E-state index in [1.54, 1.807) is 19.2 Å². The zero-order chi connectivity index (χ0) is 18.6. The molecule has 138 valence electrons. The maximum absolute atomic E-state index is 12.0. The van der Waals surface area contributed by atoms with Crippen LogP contribution in [0.1, 0.15) is 19.4 Å². The van der Waals surface area contributed by atoms with Crippen LogP contribution in [-0.4, -0.2) is 31.9 Å². The van der Waals surface area contributed by atoms with Gasteiger partial charge < -0.3 is 24.8 Å². The summed E-state index contributed by atoms with van der Waals surface area (Å²) in [7, 11) is 1.59.